The quantitative estimate of drug-likeness (QED) is 0.797. The summed E-state index contributed by atoms with van der Waals surface area (Å²) in [5, 5.41) is 8.80. The van der Waals surface area contributed by atoms with E-state index in [1.807, 2.05) is 18.2 Å². The largest absolute Gasteiger partial charge is 0.192 e. The van der Waals surface area contributed by atoms with Gasteiger partial charge in [-0.25, -0.2) is 0 Å². The van der Waals surface area contributed by atoms with E-state index in [2.05, 4.69) is 53.2 Å². The molecule has 0 amide bonds. The Labute approximate surface area is 114 Å². The molecule has 1 nitrogen and oxygen atoms in total. The van der Waals surface area contributed by atoms with E-state index in [0.717, 1.165) is 9.37 Å². The van der Waals surface area contributed by atoms with Gasteiger partial charge in [-0.05, 0) is 53.2 Å². The highest BCUT2D eigenvalue weighted by molar-refractivity contribution is 9.10. The van der Waals surface area contributed by atoms with Crippen LogP contribution in [0.2, 0.25) is 0 Å². The Morgan fingerprint density at radius 3 is 2.65 bits per heavy atom. The van der Waals surface area contributed by atoms with Crippen molar-refractivity contribution in [3.63, 3.8) is 0 Å². The summed E-state index contributed by atoms with van der Waals surface area (Å²) >= 11 is 5.18. The molecule has 0 saturated heterocycles. The molecule has 0 unspecified atom stereocenters. The lowest BCUT2D eigenvalue weighted by Crippen LogP contribution is -1.80. The summed E-state index contributed by atoms with van der Waals surface area (Å²) in [5.41, 5.74) is 1.92. The van der Waals surface area contributed by atoms with E-state index < -0.39 is 0 Å². The molecular weight excluding hydrogens is 294 g/mol. The van der Waals surface area contributed by atoms with Crippen LogP contribution in [0.25, 0.3) is 0 Å². The van der Waals surface area contributed by atoms with Gasteiger partial charge in [0.05, 0.1) is 11.6 Å². The summed E-state index contributed by atoms with van der Waals surface area (Å²) in [6, 6.07) is 16.1. The van der Waals surface area contributed by atoms with Crippen molar-refractivity contribution < 1.29 is 0 Å². The number of aryl methyl sites for hydroxylation is 1. The summed E-state index contributed by atoms with van der Waals surface area (Å²) < 4.78 is 0.961. The SMILES string of the molecule is Cc1cccc(Sc2ccc(C#N)cc2Br)c1. The van der Waals surface area contributed by atoms with Crippen molar-refractivity contribution in [3.05, 3.63) is 58.1 Å². The van der Waals surface area contributed by atoms with Crippen LogP contribution in [0.5, 0.6) is 0 Å². The first kappa shape index (κ1) is 12.2. The van der Waals surface area contributed by atoms with Crippen LogP contribution in [0.4, 0.5) is 0 Å². The number of nitriles is 1. The van der Waals surface area contributed by atoms with Gasteiger partial charge in [-0.3, -0.25) is 0 Å². The van der Waals surface area contributed by atoms with Crippen LogP contribution < -0.4 is 0 Å². The Bertz CT molecular complexity index is 587. The summed E-state index contributed by atoms with van der Waals surface area (Å²) in [5.74, 6) is 0. The molecule has 17 heavy (non-hydrogen) atoms. The highest BCUT2D eigenvalue weighted by Crippen LogP contribution is 2.34. The number of halogens is 1. The predicted molar refractivity (Wildman–Crippen MR) is 74.2 cm³/mol. The molecule has 0 aliphatic heterocycles. The van der Waals surface area contributed by atoms with Crippen molar-refractivity contribution in [2.75, 3.05) is 0 Å². The molecule has 0 bridgehead atoms. The zero-order valence-electron chi connectivity index (χ0n) is 9.27. The fourth-order valence-corrected chi connectivity index (χ4v) is 3.02. The smallest absolute Gasteiger partial charge is 0.0992 e. The molecule has 2 rings (SSSR count). The number of hydrogen-bond acceptors (Lipinski definition) is 2. The van der Waals surface area contributed by atoms with Gasteiger partial charge in [0.15, 0.2) is 0 Å². The Balaban J connectivity index is 2.28. The van der Waals surface area contributed by atoms with Gasteiger partial charge < -0.3 is 0 Å². The third kappa shape index (κ3) is 3.12. The first-order valence-corrected chi connectivity index (χ1v) is 6.74. The van der Waals surface area contributed by atoms with Gasteiger partial charge in [0.25, 0.3) is 0 Å². The zero-order valence-corrected chi connectivity index (χ0v) is 11.7. The Morgan fingerprint density at radius 2 is 2.00 bits per heavy atom. The standard InChI is InChI=1S/C14H10BrNS/c1-10-3-2-4-12(7-10)17-14-6-5-11(9-16)8-13(14)15/h2-8H,1H3. The molecule has 0 N–H and O–H groups in total. The van der Waals surface area contributed by atoms with Crippen molar-refractivity contribution in [2.45, 2.75) is 16.7 Å². The first-order valence-electron chi connectivity index (χ1n) is 5.13. The third-order valence-electron chi connectivity index (χ3n) is 2.28. The van der Waals surface area contributed by atoms with E-state index in [-0.39, 0.29) is 0 Å². The fraction of sp³-hybridized carbons (Fsp3) is 0.0714. The molecule has 0 aliphatic carbocycles. The lowest BCUT2D eigenvalue weighted by molar-refractivity contribution is 1.33. The normalized spacial score (nSPS) is 9.94. The van der Waals surface area contributed by atoms with Crippen LogP contribution >= 0.6 is 27.7 Å². The lowest BCUT2D eigenvalue weighted by atomic mass is 10.2. The zero-order chi connectivity index (χ0) is 12.3. The Hall–Kier alpha value is -1.24. The van der Waals surface area contributed by atoms with Crippen LogP contribution in [-0.4, -0.2) is 0 Å². The van der Waals surface area contributed by atoms with Crippen LogP contribution in [-0.2, 0) is 0 Å². The molecule has 0 atom stereocenters. The molecule has 0 saturated carbocycles. The minimum absolute atomic E-state index is 0.672. The van der Waals surface area contributed by atoms with Gasteiger partial charge in [0, 0.05) is 14.3 Å². The Kier molecular flexibility index (Phi) is 3.88. The summed E-state index contributed by atoms with van der Waals surface area (Å²) in [6.07, 6.45) is 0. The van der Waals surface area contributed by atoms with Crippen LogP contribution in [0, 0.1) is 18.3 Å². The first-order chi connectivity index (χ1) is 8.19. The van der Waals surface area contributed by atoms with Gasteiger partial charge in [0.1, 0.15) is 0 Å². The van der Waals surface area contributed by atoms with Crippen molar-refractivity contribution in [1.29, 1.82) is 5.26 Å². The number of rotatable bonds is 2. The molecule has 0 spiro atoms. The Morgan fingerprint density at radius 1 is 1.18 bits per heavy atom. The molecule has 0 aromatic heterocycles. The second-order valence-electron chi connectivity index (χ2n) is 3.68. The van der Waals surface area contributed by atoms with Crippen LogP contribution in [0.15, 0.2) is 56.7 Å². The number of benzene rings is 2. The van der Waals surface area contributed by atoms with Gasteiger partial charge in [-0.2, -0.15) is 5.26 Å². The maximum atomic E-state index is 8.80. The van der Waals surface area contributed by atoms with E-state index in [1.165, 1.54) is 10.5 Å². The van der Waals surface area contributed by atoms with Gasteiger partial charge >= 0.3 is 0 Å². The van der Waals surface area contributed by atoms with E-state index in [9.17, 15) is 0 Å². The monoisotopic (exact) mass is 303 g/mol. The van der Waals surface area contributed by atoms with E-state index in [1.54, 1.807) is 11.8 Å². The molecule has 84 valence electrons. The molecule has 2 aromatic rings. The molecule has 3 heteroatoms. The van der Waals surface area contributed by atoms with E-state index >= 15 is 0 Å². The molecular formula is C14H10BrNS. The van der Waals surface area contributed by atoms with Crippen LogP contribution in [0.1, 0.15) is 11.1 Å². The lowest BCUT2D eigenvalue weighted by Gasteiger charge is -2.05. The second kappa shape index (κ2) is 5.39. The van der Waals surface area contributed by atoms with Crippen molar-refractivity contribution in [1.82, 2.24) is 0 Å². The minimum Gasteiger partial charge on any atom is -0.192 e. The van der Waals surface area contributed by atoms with Crippen molar-refractivity contribution in [3.8, 4) is 6.07 Å². The molecule has 0 heterocycles. The highest BCUT2D eigenvalue weighted by atomic mass is 79.9. The van der Waals surface area contributed by atoms with Gasteiger partial charge in [-0.15, -0.1) is 0 Å². The van der Waals surface area contributed by atoms with Gasteiger partial charge in [-0.1, -0.05) is 29.5 Å². The van der Waals surface area contributed by atoms with Crippen LogP contribution in [0.3, 0.4) is 0 Å². The number of nitrogens with zero attached hydrogens (tertiary/aromatic N) is 1. The maximum Gasteiger partial charge on any atom is 0.0992 e. The number of hydrogen-bond donors (Lipinski definition) is 0. The average Bonchev–Trinajstić information content (AvgIpc) is 2.32. The van der Waals surface area contributed by atoms with Gasteiger partial charge in [0.2, 0.25) is 0 Å². The molecule has 0 fully saturated rings. The third-order valence-corrected chi connectivity index (χ3v) is 4.26. The molecule has 0 aliphatic rings. The summed E-state index contributed by atoms with van der Waals surface area (Å²) in [6.45, 7) is 2.08. The second-order valence-corrected chi connectivity index (χ2v) is 5.65. The average molecular weight is 304 g/mol. The summed E-state index contributed by atoms with van der Waals surface area (Å²) in [4.78, 5) is 2.32. The predicted octanol–water partition coefficient (Wildman–Crippen LogP) is 4.78. The molecule has 2 aromatic carbocycles. The van der Waals surface area contributed by atoms with Crippen molar-refractivity contribution in [2.24, 2.45) is 0 Å². The maximum absolute atomic E-state index is 8.80. The topological polar surface area (TPSA) is 23.8 Å². The minimum atomic E-state index is 0.672. The van der Waals surface area contributed by atoms with Crippen molar-refractivity contribution >= 4 is 27.7 Å². The van der Waals surface area contributed by atoms with E-state index in [0.29, 0.717) is 5.56 Å². The summed E-state index contributed by atoms with van der Waals surface area (Å²) in [7, 11) is 0. The molecule has 0 radical (unpaired) electrons. The highest BCUT2D eigenvalue weighted by Gasteiger charge is 2.03. The van der Waals surface area contributed by atoms with E-state index in [4.69, 9.17) is 5.26 Å². The fourth-order valence-electron chi connectivity index (χ4n) is 1.46.